The van der Waals surface area contributed by atoms with Crippen molar-refractivity contribution < 1.29 is 13.9 Å². The molecule has 2 aromatic rings. The van der Waals surface area contributed by atoms with Crippen molar-refractivity contribution in [3.05, 3.63) is 29.0 Å². The molecule has 2 aromatic heterocycles. The zero-order valence-corrected chi connectivity index (χ0v) is 12.3. The number of hydrogen-bond donors (Lipinski definition) is 0. The third kappa shape index (κ3) is 2.48. The average Bonchev–Trinajstić information content (AvgIpc) is 3.07. The highest BCUT2D eigenvalue weighted by Crippen LogP contribution is 2.26. The first kappa shape index (κ1) is 13.3. The second kappa shape index (κ2) is 5.38. The number of aryl methyl sites for hydroxylation is 1. The van der Waals surface area contributed by atoms with Gasteiger partial charge in [-0.15, -0.1) is 11.3 Å². The van der Waals surface area contributed by atoms with E-state index in [0.717, 1.165) is 10.8 Å². The lowest BCUT2D eigenvalue weighted by molar-refractivity contribution is 0.00332. The molecule has 0 aliphatic carbocycles. The van der Waals surface area contributed by atoms with E-state index in [1.165, 1.54) is 11.3 Å². The van der Waals surface area contributed by atoms with E-state index in [4.69, 9.17) is 9.15 Å². The quantitative estimate of drug-likeness (QED) is 0.853. The summed E-state index contributed by atoms with van der Waals surface area (Å²) in [6.45, 7) is 5.66. The molecule has 0 spiro atoms. The van der Waals surface area contributed by atoms with Crippen LogP contribution in [0.15, 0.2) is 21.9 Å². The van der Waals surface area contributed by atoms with Crippen LogP contribution in [0.3, 0.4) is 0 Å². The van der Waals surface area contributed by atoms with Crippen molar-refractivity contribution in [2.75, 3.05) is 19.8 Å². The molecule has 0 N–H and O–H groups in total. The van der Waals surface area contributed by atoms with Crippen LogP contribution in [-0.2, 0) is 4.74 Å². The molecule has 1 aliphatic heterocycles. The van der Waals surface area contributed by atoms with E-state index in [1.807, 2.05) is 30.9 Å². The maximum Gasteiger partial charge on any atom is 0.273 e. The summed E-state index contributed by atoms with van der Waals surface area (Å²) in [5.74, 6) is 1.51. The Morgan fingerprint density at radius 1 is 1.50 bits per heavy atom. The van der Waals surface area contributed by atoms with Gasteiger partial charge in [-0.1, -0.05) is 0 Å². The van der Waals surface area contributed by atoms with Gasteiger partial charge in [-0.2, -0.15) is 0 Å². The molecule has 106 valence electrons. The minimum atomic E-state index is -0.0356. The molecule has 0 aromatic carbocycles. The molecule has 20 heavy (non-hydrogen) atoms. The van der Waals surface area contributed by atoms with E-state index >= 15 is 0 Å². The number of rotatable bonds is 2. The van der Waals surface area contributed by atoms with Gasteiger partial charge in [-0.25, -0.2) is 4.98 Å². The molecule has 3 rings (SSSR count). The molecule has 3 heterocycles. The van der Waals surface area contributed by atoms with Crippen LogP contribution in [0.5, 0.6) is 0 Å². The largest absolute Gasteiger partial charge is 0.459 e. The summed E-state index contributed by atoms with van der Waals surface area (Å²) in [7, 11) is 0. The van der Waals surface area contributed by atoms with E-state index in [9.17, 15) is 4.79 Å². The third-order valence-corrected chi connectivity index (χ3v) is 4.16. The highest BCUT2D eigenvalue weighted by molar-refractivity contribution is 7.13. The van der Waals surface area contributed by atoms with Gasteiger partial charge in [-0.3, -0.25) is 4.79 Å². The molecule has 0 saturated carbocycles. The van der Waals surface area contributed by atoms with Gasteiger partial charge in [0.05, 0.1) is 19.3 Å². The van der Waals surface area contributed by atoms with Gasteiger partial charge in [0.15, 0.2) is 10.8 Å². The highest BCUT2D eigenvalue weighted by Gasteiger charge is 2.26. The number of ether oxygens (including phenoxy) is 1. The Bertz CT molecular complexity index is 619. The van der Waals surface area contributed by atoms with Crippen LogP contribution >= 0.6 is 11.3 Å². The number of amides is 1. The van der Waals surface area contributed by atoms with Crippen molar-refractivity contribution in [3.8, 4) is 10.8 Å². The van der Waals surface area contributed by atoms with Crippen molar-refractivity contribution in [2.24, 2.45) is 0 Å². The lowest BCUT2D eigenvalue weighted by Crippen LogP contribution is -2.47. The summed E-state index contributed by atoms with van der Waals surface area (Å²) in [5, 5.41) is 2.53. The number of nitrogens with zero attached hydrogens (tertiary/aromatic N) is 2. The van der Waals surface area contributed by atoms with Gasteiger partial charge in [0.1, 0.15) is 11.5 Å². The molecule has 1 aliphatic rings. The Balaban J connectivity index is 1.81. The third-order valence-electron chi connectivity index (χ3n) is 3.30. The van der Waals surface area contributed by atoms with Gasteiger partial charge in [0, 0.05) is 11.9 Å². The fourth-order valence-electron chi connectivity index (χ4n) is 2.21. The Morgan fingerprint density at radius 3 is 3.05 bits per heavy atom. The predicted octanol–water partition coefficient (Wildman–Crippen LogP) is 2.57. The Labute approximate surface area is 121 Å². The fraction of sp³-hybridized carbons (Fsp3) is 0.429. The van der Waals surface area contributed by atoms with E-state index < -0.39 is 0 Å². The van der Waals surface area contributed by atoms with E-state index in [0.29, 0.717) is 31.2 Å². The van der Waals surface area contributed by atoms with Crippen molar-refractivity contribution in [2.45, 2.75) is 19.9 Å². The van der Waals surface area contributed by atoms with Crippen LogP contribution in [0.2, 0.25) is 0 Å². The second-order valence-electron chi connectivity index (χ2n) is 4.87. The van der Waals surface area contributed by atoms with Crippen LogP contribution in [0.25, 0.3) is 10.8 Å². The molecule has 0 bridgehead atoms. The lowest BCUT2D eigenvalue weighted by Gasteiger charge is -2.32. The Morgan fingerprint density at radius 2 is 2.35 bits per heavy atom. The first-order valence-corrected chi connectivity index (χ1v) is 7.44. The lowest BCUT2D eigenvalue weighted by atomic mass is 10.2. The minimum Gasteiger partial charge on any atom is -0.459 e. The second-order valence-corrected chi connectivity index (χ2v) is 5.73. The van der Waals surface area contributed by atoms with Crippen LogP contribution in [0.1, 0.15) is 23.2 Å². The molecule has 1 amide bonds. The number of hydrogen-bond acceptors (Lipinski definition) is 5. The zero-order valence-electron chi connectivity index (χ0n) is 11.5. The average molecular weight is 292 g/mol. The number of carbonyl (C=O) groups excluding carboxylic acids is 1. The van der Waals surface area contributed by atoms with Crippen molar-refractivity contribution >= 4 is 17.2 Å². The van der Waals surface area contributed by atoms with Gasteiger partial charge in [0.25, 0.3) is 5.91 Å². The van der Waals surface area contributed by atoms with Crippen LogP contribution in [0.4, 0.5) is 0 Å². The summed E-state index contributed by atoms with van der Waals surface area (Å²) in [5.41, 5.74) is 0.479. The minimum absolute atomic E-state index is 0.0356. The normalized spacial score (nSPS) is 19.3. The SMILES string of the molecule is Cc1ccc(-c2nc(C(=O)N3CCOC[C@@H]3C)cs2)o1. The number of carbonyl (C=O) groups is 1. The van der Waals surface area contributed by atoms with Crippen LogP contribution in [-0.4, -0.2) is 41.6 Å². The Hall–Kier alpha value is -1.66. The topological polar surface area (TPSA) is 55.6 Å². The van der Waals surface area contributed by atoms with E-state index in [2.05, 4.69) is 4.98 Å². The number of thiazole rings is 1. The monoisotopic (exact) mass is 292 g/mol. The van der Waals surface area contributed by atoms with E-state index in [-0.39, 0.29) is 11.9 Å². The smallest absolute Gasteiger partial charge is 0.273 e. The predicted molar refractivity (Wildman–Crippen MR) is 75.9 cm³/mol. The van der Waals surface area contributed by atoms with Gasteiger partial charge in [-0.05, 0) is 26.0 Å². The molecule has 0 radical (unpaired) electrons. The van der Waals surface area contributed by atoms with Crippen molar-refractivity contribution in [3.63, 3.8) is 0 Å². The first-order valence-electron chi connectivity index (χ1n) is 6.56. The standard InChI is InChI=1S/C14H16N2O3S/c1-9-7-18-6-5-16(9)14(17)11-8-20-13(15-11)12-4-3-10(2)19-12/h3-4,8-9H,5-7H2,1-2H3/t9-/m0/s1. The van der Waals surface area contributed by atoms with Gasteiger partial charge < -0.3 is 14.1 Å². The van der Waals surface area contributed by atoms with Crippen molar-refractivity contribution in [1.82, 2.24) is 9.88 Å². The molecule has 1 atom stereocenters. The molecule has 0 unspecified atom stereocenters. The molecule has 5 nitrogen and oxygen atoms in total. The summed E-state index contributed by atoms with van der Waals surface area (Å²) < 4.78 is 10.9. The van der Waals surface area contributed by atoms with Crippen molar-refractivity contribution in [1.29, 1.82) is 0 Å². The molecular formula is C14H16N2O3S. The van der Waals surface area contributed by atoms with Gasteiger partial charge in [0.2, 0.25) is 0 Å². The summed E-state index contributed by atoms with van der Waals surface area (Å²) in [6, 6.07) is 3.86. The maximum absolute atomic E-state index is 12.4. The van der Waals surface area contributed by atoms with Crippen LogP contribution in [0, 0.1) is 6.92 Å². The summed E-state index contributed by atoms with van der Waals surface area (Å²) in [4.78, 5) is 18.7. The number of morpholine rings is 1. The fourth-order valence-corrected chi connectivity index (χ4v) is 2.96. The first-order chi connectivity index (χ1) is 9.65. The summed E-state index contributed by atoms with van der Waals surface area (Å²) in [6.07, 6.45) is 0. The zero-order chi connectivity index (χ0) is 14.1. The molecule has 6 heteroatoms. The number of furan rings is 1. The van der Waals surface area contributed by atoms with Crippen LogP contribution < -0.4 is 0 Å². The molecule has 1 fully saturated rings. The summed E-state index contributed by atoms with van der Waals surface area (Å²) >= 11 is 1.43. The van der Waals surface area contributed by atoms with E-state index in [1.54, 1.807) is 5.38 Å². The highest BCUT2D eigenvalue weighted by atomic mass is 32.1. The number of aromatic nitrogens is 1. The van der Waals surface area contributed by atoms with Gasteiger partial charge >= 0.3 is 0 Å². The maximum atomic E-state index is 12.4. The molecule has 1 saturated heterocycles. The molecular weight excluding hydrogens is 276 g/mol. The Kier molecular flexibility index (Phi) is 3.58.